The Labute approximate surface area is 131 Å². The van der Waals surface area contributed by atoms with Gasteiger partial charge in [-0.25, -0.2) is 4.79 Å². The van der Waals surface area contributed by atoms with Crippen LogP contribution >= 0.6 is 15.9 Å². The van der Waals surface area contributed by atoms with Gasteiger partial charge in [-0.15, -0.1) is 0 Å². The third kappa shape index (κ3) is 3.97. The molecule has 6 heteroatoms. The van der Waals surface area contributed by atoms with Gasteiger partial charge in [0.05, 0.1) is 0 Å². The molecular weight excluding hydrogens is 338 g/mol. The van der Waals surface area contributed by atoms with Crippen molar-refractivity contribution in [3.8, 4) is 0 Å². The Morgan fingerprint density at radius 2 is 2.29 bits per heavy atom. The highest BCUT2D eigenvalue weighted by atomic mass is 79.9. The van der Waals surface area contributed by atoms with E-state index < -0.39 is 17.4 Å². The molecule has 0 bridgehead atoms. The van der Waals surface area contributed by atoms with Crippen LogP contribution in [0.4, 0.5) is 0 Å². The van der Waals surface area contributed by atoms with Gasteiger partial charge in [0.2, 0.25) is 5.91 Å². The molecule has 1 heterocycles. The molecule has 2 rings (SSSR count). The third-order valence-corrected chi connectivity index (χ3v) is 4.19. The zero-order chi connectivity index (χ0) is 15.5. The van der Waals surface area contributed by atoms with Crippen molar-refractivity contribution in [3.63, 3.8) is 0 Å². The Hall–Kier alpha value is -1.56. The van der Waals surface area contributed by atoms with Gasteiger partial charge >= 0.3 is 5.97 Å². The number of carboxylic acid groups (broad SMARTS) is 1. The van der Waals surface area contributed by atoms with Crippen LogP contribution in [0.15, 0.2) is 27.3 Å². The van der Waals surface area contributed by atoms with Gasteiger partial charge in [0, 0.05) is 6.08 Å². The molecule has 1 aliphatic rings. The van der Waals surface area contributed by atoms with Crippen LogP contribution in [0.3, 0.4) is 0 Å². The average Bonchev–Trinajstić information content (AvgIpc) is 2.82. The quantitative estimate of drug-likeness (QED) is 0.812. The number of furan rings is 1. The second-order valence-corrected chi connectivity index (χ2v) is 6.33. The Bertz CT molecular complexity index is 566. The number of hydrogen-bond acceptors (Lipinski definition) is 3. The van der Waals surface area contributed by atoms with Crippen LogP contribution in [0.25, 0.3) is 6.08 Å². The Balaban J connectivity index is 2.05. The number of halogens is 1. The number of carbonyl (C=O) groups is 2. The van der Waals surface area contributed by atoms with E-state index in [4.69, 9.17) is 4.42 Å². The number of carbonyl (C=O) groups excluding carboxylic acids is 1. The topological polar surface area (TPSA) is 79.5 Å². The molecule has 2 atom stereocenters. The minimum absolute atomic E-state index is 0.292. The van der Waals surface area contributed by atoms with Crippen LogP contribution in [0.1, 0.15) is 38.4 Å². The molecule has 0 aliphatic heterocycles. The summed E-state index contributed by atoms with van der Waals surface area (Å²) in [5, 5.41) is 12.1. The fourth-order valence-electron chi connectivity index (χ4n) is 2.77. The van der Waals surface area contributed by atoms with Crippen molar-refractivity contribution < 1.29 is 19.1 Å². The van der Waals surface area contributed by atoms with Gasteiger partial charge in [0.15, 0.2) is 4.67 Å². The van der Waals surface area contributed by atoms with Crippen LogP contribution in [0.2, 0.25) is 0 Å². The predicted octanol–water partition coefficient (Wildman–Crippen LogP) is 3.21. The summed E-state index contributed by atoms with van der Waals surface area (Å²) in [6.45, 7) is 2.01. The normalized spacial score (nSPS) is 25.9. The third-order valence-electron chi connectivity index (χ3n) is 3.76. The molecule has 114 valence electrons. The summed E-state index contributed by atoms with van der Waals surface area (Å²) in [7, 11) is 0. The minimum Gasteiger partial charge on any atom is -0.480 e. The number of hydrogen-bond donors (Lipinski definition) is 2. The van der Waals surface area contributed by atoms with Crippen molar-refractivity contribution in [3.05, 3.63) is 28.6 Å². The van der Waals surface area contributed by atoms with E-state index in [1.165, 1.54) is 12.2 Å². The van der Waals surface area contributed by atoms with Crippen molar-refractivity contribution in [1.82, 2.24) is 5.32 Å². The highest BCUT2D eigenvalue weighted by Gasteiger charge is 2.42. The smallest absolute Gasteiger partial charge is 0.329 e. The summed E-state index contributed by atoms with van der Waals surface area (Å²) in [5.74, 6) is -0.561. The number of carboxylic acids is 1. The van der Waals surface area contributed by atoms with Crippen molar-refractivity contribution in [2.75, 3.05) is 0 Å². The molecule has 1 saturated carbocycles. The van der Waals surface area contributed by atoms with Gasteiger partial charge in [0.1, 0.15) is 11.3 Å². The van der Waals surface area contributed by atoms with E-state index in [9.17, 15) is 14.7 Å². The average molecular weight is 356 g/mol. The molecule has 1 aliphatic carbocycles. The highest BCUT2D eigenvalue weighted by molar-refractivity contribution is 9.10. The first-order chi connectivity index (χ1) is 9.91. The van der Waals surface area contributed by atoms with E-state index in [0.29, 0.717) is 29.2 Å². The SMILES string of the molecule is CC1CCCC(NC(=O)/C=C/c2ccc(Br)o2)(C(=O)O)C1. The van der Waals surface area contributed by atoms with Crippen LogP contribution in [-0.4, -0.2) is 22.5 Å². The van der Waals surface area contributed by atoms with Crippen LogP contribution in [0, 0.1) is 5.92 Å². The number of nitrogens with one attached hydrogen (secondary N) is 1. The van der Waals surface area contributed by atoms with Gasteiger partial charge in [-0.1, -0.05) is 19.8 Å². The van der Waals surface area contributed by atoms with Gasteiger partial charge in [-0.05, 0) is 52.9 Å². The van der Waals surface area contributed by atoms with E-state index >= 15 is 0 Å². The highest BCUT2D eigenvalue weighted by Crippen LogP contribution is 2.32. The maximum atomic E-state index is 12.0. The van der Waals surface area contributed by atoms with E-state index in [2.05, 4.69) is 21.2 Å². The van der Waals surface area contributed by atoms with E-state index in [1.54, 1.807) is 12.1 Å². The molecule has 2 unspecified atom stereocenters. The lowest BCUT2D eigenvalue weighted by molar-refractivity contribution is -0.149. The fraction of sp³-hybridized carbons (Fsp3) is 0.467. The molecule has 1 fully saturated rings. The molecule has 1 aromatic heterocycles. The van der Waals surface area contributed by atoms with Crippen LogP contribution in [-0.2, 0) is 9.59 Å². The minimum atomic E-state index is -1.15. The standard InChI is InChI=1S/C15H18BrNO4/c1-10-3-2-8-15(9-10,14(19)20)17-13(18)7-5-11-4-6-12(16)21-11/h4-7,10H,2-3,8-9H2,1H3,(H,17,18)(H,19,20)/b7-5+. The lowest BCUT2D eigenvalue weighted by Gasteiger charge is -2.36. The second kappa shape index (κ2) is 6.47. The summed E-state index contributed by atoms with van der Waals surface area (Å²) >= 11 is 3.17. The van der Waals surface area contributed by atoms with E-state index in [1.807, 2.05) is 6.92 Å². The molecule has 5 nitrogen and oxygen atoms in total. The summed E-state index contributed by atoms with van der Waals surface area (Å²) in [6, 6.07) is 3.43. The Kier molecular flexibility index (Phi) is 4.88. The largest absolute Gasteiger partial charge is 0.480 e. The van der Waals surface area contributed by atoms with Crippen molar-refractivity contribution in [2.24, 2.45) is 5.92 Å². The number of rotatable bonds is 4. The molecule has 0 radical (unpaired) electrons. The Morgan fingerprint density at radius 1 is 1.52 bits per heavy atom. The number of amides is 1. The first-order valence-corrected chi connectivity index (χ1v) is 7.69. The second-order valence-electron chi connectivity index (χ2n) is 5.55. The molecule has 0 spiro atoms. The summed E-state index contributed by atoms with van der Waals surface area (Å²) in [5.41, 5.74) is -1.15. The first kappa shape index (κ1) is 15.8. The zero-order valence-corrected chi connectivity index (χ0v) is 13.4. The van der Waals surface area contributed by atoms with Crippen LogP contribution < -0.4 is 5.32 Å². The molecular formula is C15H18BrNO4. The van der Waals surface area contributed by atoms with E-state index in [-0.39, 0.29) is 0 Å². The summed E-state index contributed by atoms with van der Waals surface area (Å²) in [4.78, 5) is 23.6. The van der Waals surface area contributed by atoms with Gasteiger partial charge in [-0.3, -0.25) is 4.79 Å². The molecule has 21 heavy (non-hydrogen) atoms. The maximum absolute atomic E-state index is 12.0. The van der Waals surface area contributed by atoms with E-state index in [0.717, 1.165) is 12.8 Å². The van der Waals surface area contributed by atoms with Crippen molar-refractivity contribution in [2.45, 2.75) is 38.1 Å². The van der Waals surface area contributed by atoms with Crippen molar-refractivity contribution in [1.29, 1.82) is 0 Å². The molecule has 0 saturated heterocycles. The van der Waals surface area contributed by atoms with Crippen LogP contribution in [0.5, 0.6) is 0 Å². The Morgan fingerprint density at radius 3 is 2.86 bits per heavy atom. The zero-order valence-electron chi connectivity index (χ0n) is 11.8. The molecule has 1 amide bonds. The van der Waals surface area contributed by atoms with Crippen molar-refractivity contribution >= 4 is 33.9 Å². The first-order valence-electron chi connectivity index (χ1n) is 6.90. The monoisotopic (exact) mass is 355 g/mol. The summed E-state index contributed by atoms with van der Waals surface area (Å²) < 4.78 is 5.82. The maximum Gasteiger partial charge on any atom is 0.329 e. The molecule has 2 N–H and O–H groups in total. The van der Waals surface area contributed by atoms with Gasteiger partial charge < -0.3 is 14.8 Å². The number of aliphatic carboxylic acids is 1. The summed E-state index contributed by atoms with van der Waals surface area (Å²) in [6.07, 6.45) is 5.56. The predicted molar refractivity (Wildman–Crippen MR) is 81.6 cm³/mol. The molecule has 1 aromatic rings. The van der Waals surface area contributed by atoms with Gasteiger partial charge in [-0.2, -0.15) is 0 Å². The lowest BCUT2D eigenvalue weighted by Crippen LogP contribution is -2.56. The lowest BCUT2D eigenvalue weighted by atomic mass is 9.76. The molecule has 0 aromatic carbocycles. The fourth-order valence-corrected chi connectivity index (χ4v) is 3.08. The van der Waals surface area contributed by atoms with Gasteiger partial charge in [0.25, 0.3) is 0 Å².